The monoisotopic (exact) mass is 431 g/mol. The van der Waals surface area contributed by atoms with E-state index in [0.717, 1.165) is 41.0 Å². The molecule has 4 heterocycles. The second kappa shape index (κ2) is 8.27. The molecule has 0 aliphatic carbocycles. The molecule has 0 unspecified atom stereocenters. The van der Waals surface area contributed by atoms with Crippen molar-refractivity contribution in [3.05, 3.63) is 76.8 Å². The number of hydrogen-bond acceptors (Lipinski definition) is 7. The van der Waals surface area contributed by atoms with E-state index in [9.17, 15) is 4.79 Å². The van der Waals surface area contributed by atoms with Gasteiger partial charge in [0.1, 0.15) is 11.6 Å². The van der Waals surface area contributed by atoms with E-state index in [1.54, 1.807) is 22.9 Å². The molecule has 1 aliphatic heterocycles. The normalized spacial score (nSPS) is 13.1. The number of aromatic amines is 1. The molecule has 31 heavy (non-hydrogen) atoms. The molecule has 4 aromatic rings. The van der Waals surface area contributed by atoms with E-state index in [2.05, 4.69) is 25.4 Å². The maximum absolute atomic E-state index is 12.0. The molecule has 1 aromatic carbocycles. The minimum absolute atomic E-state index is 0.0576. The highest BCUT2D eigenvalue weighted by molar-refractivity contribution is 7.99. The molecule has 0 radical (unpaired) electrons. The van der Waals surface area contributed by atoms with Crippen LogP contribution in [0.3, 0.4) is 0 Å². The van der Waals surface area contributed by atoms with Gasteiger partial charge in [0.05, 0.1) is 0 Å². The summed E-state index contributed by atoms with van der Waals surface area (Å²) in [5.41, 5.74) is 1.74. The van der Waals surface area contributed by atoms with Gasteiger partial charge >= 0.3 is 0 Å². The summed E-state index contributed by atoms with van der Waals surface area (Å²) in [6.45, 7) is 3.96. The number of rotatable bonds is 6. The molecule has 8 nitrogen and oxygen atoms in total. The van der Waals surface area contributed by atoms with Crippen LogP contribution in [0.25, 0.3) is 5.69 Å². The number of nitrogens with zero attached hydrogens (tertiary/aromatic N) is 5. The van der Waals surface area contributed by atoms with Gasteiger partial charge in [-0.2, -0.15) is 5.10 Å². The Balaban J connectivity index is 1.40. The highest BCUT2D eigenvalue weighted by Gasteiger charge is 2.18. The summed E-state index contributed by atoms with van der Waals surface area (Å²) in [4.78, 5) is 24.7. The van der Waals surface area contributed by atoms with Gasteiger partial charge in [0.15, 0.2) is 11.0 Å². The minimum atomic E-state index is -0.0576. The molecule has 1 aliphatic rings. The number of hydrogen-bond donors (Lipinski definition) is 2. The highest BCUT2D eigenvalue weighted by Crippen LogP contribution is 2.30. The molecule has 0 spiro atoms. The molecule has 2 N–H and O–H groups in total. The van der Waals surface area contributed by atoms with Crippen LogP contribution < -0.4 is 15.8 Å². The zero-order chi connectivity index (χ0) is 21.2. The summed E-state index contributed by atoms with van der Waals surface area (Å²) in [5, 5.41) is 11.1. The lowest BCUT2D eigenvalue weighted by molar-refractivity contribution is 0.605. The van der Waals surface area contributed by atoms with E-state index in [4.69, 9.17) is 4.98 Å². The van der Waals surface area contributed by atoms with E-state index in [-0.39, 0.29) is 5.56 Å². The van der Waals surface area contributed by atoms with Crippen molar-refractivity contribution in [1.82, 2.24) is 24.7 Å². The summed E-state index contributed by atoms with van der Waals surface area (Å²) in [6, 6.07) is 16.8. The average molecular weight is 432 g/mol. The van der Waals surface area contributed by atoms with Gasteiger partial charge in [0.25, 0.3) is 5.56 Å². The molecule has 156 valence electrons. The average Bonchev–Trinajstić information content (AvgIpc) is 3.12. The fraction of sp³-hybridized carbons (Fsp3) is 0.182. The smallest absolute Gasteiger partial charge is 0.255 e. The topological polar surface area (TPSA) is 91.7 Å². The number of H-pyrrole nitrogens is 1. The van der Waals surface area contributed by atoms with Gasteiger partial charge in [-0.25, -0.2) is 9.97 Å². The van der Waals surface area contributed by atoms with E-state index in [0.29, 0.717) is 11.0 Å². The summed E-state index contributed by atoms with van der Waals surface area (Å²) in [6.07, 6.45) is 2.94. The van der Waals surface area contributed by atoms with Crippen LogP contribution in [0, 0.1) is 6.92 Å². The zero-order valence-corrected chi connectivity index (χ0v) is 17.8. The van der Waals surface area contributed by atoms with E-state index in [1.165, 1.54) is 18.2 Å². The van der Waals surface area contributed by atoms with Crippen molar-refractivity contribution in [2.45, 2.75) is 23.4 Å². The lowest BCUT2D eigenvalue weighted by Crippen LogP contribution is -2.37. The van der Waals surface area contributed by atoms with Crippen LogP contribution in [0.4, 0.5) is 17.5 Å². The molecule has 3 aromatic heterocycles. The molecular weight excluding hydrogens is 410 g/mol. The number of aryl methyl sites for hydroxylation is 1. The molecule has 0 atom stereocenters. The van der Waals surface area contributed by atoms with Crippen molar-refractivity contribution in [2.24, 2.45) is 0 Å². The van der Waals surface area contributed by atoms with Gasteiger partial charge in [0, 0.05) is 53.8 Å². The van der Waals surface area contributed by atoms with Crippen molar-refractivity contribution in [1.29, 1.82) is 0 Å². The van der Waals surface area contributed by atoms with Gasteiger partial charge < -0.3 is 10.2 Å². The minimum Gasteiger partial charge on any atom is -0.356 e. The Morgan fingerprint density at radius 2 is 1.87 bits per heavy atom. The van der Waals surface area contributed by atoms with Crippen LogP contribution in [0.15, 0.2) is 75.6 Å². The van der Waals surface area contributed by atoms with E-state index in [1.807, 2.05) is 49.4 Å². The quantitative estimate of drug-likeness (QED) is 0.449. The van der Waals surface area contributed by atoms with Gasteiger partial charge in [0.2, 0.25) is 0 Å². The molecule has 0 saturated carbocycles. The Kier molecular flexibility index (Phi) is 5.17. The fourth-order valence-corrected chi connectivity index (χ4v) is 4.03. The lowest BCUT2D eigenvalue weighted by Gasteiger charge is -2.32. The third kappa shape index (κ3) is 4.31. The largest absolute Gasteiger partial charge is 0.356 e. The first-order valence-electron chi connectivity index (χ1n) is 10.0. The molecule has 1 fully saturated rings. The van der Waals surface area contributed by atoms with Crippen LogP contribution in [-0.4, -0.2) is 37.8 Å². The van der Waals surface area contributed by atoms with Crippen LogP contribution in [0.5, 0.6) is 0 Å². The van der Waals surface area contributed by atoms with Crippen LogP contribution in [0.1, 0.15) is 12.1 Å². The number of aromatic nitrogens is 5. The van der Waals surface area contributed by atoms with Crippen molar-refractivity contribution in [2.75, 3.05) is 23.3 Å². The molecular formula is C22H21N7OS. The number of nitrogens with one attached hydrogen (secondary N) is 2. The Hall–Kier alpha value is -3.59. The van der Waals surface area contributed by atoms with Crippen LogP contribution >= 0.6 is 11.8 Å². The summed E-state index contributed by atoms with van der Waals surface area (Å²) >= 11 is 1.49. The predicted molar refractivity (Wildman–Crippen MR) is 122 cm³/mol. The van der Waals surface area contributed by atoms with Crippen LogP contribution in [-0.2, 0) is 0 Å². The van der Waals surface area contributed by atoms with Crippen molar-refractivity contribution in [3.8, 4) is 5.69 Å². The van der Waals surface area contributed by atoms with Crippen molar-refractivity contribution >= 4 is 29.2 Å². The SMILES string of the molecule is Cc1cc(Nc2cc(N3CCC3)nc(Sc3ccc(-n4ccccc4=O)cc3)n2)n[nH]1. The Labute approximate surface area is 183 Å². The first-order chi connectivity index (χ1) is 15.1. The van der Waals surface area contributed by atoms with Gasteiger partial charge in [-0.15, -0.1) is 0 Å². The second-order valence-electron chi connectivity index (χ2n) is 7.30. The molecule has 5 rings (SSSR count). The van der Waals surface area contributed by atoms with Gasteiger partial charge in [-0.3, -0.25) is 14.5 Å². The fourth-order valence-electron chi connectivity index (χ4n) is 3.26. The molecule has 0 bridgehead atoms. The van der Waals surface area contributed by atoms with Gasteiger partial charge in [-0.1, -0.05) is 6.07 Å². The maximum Gasteiger partial charge on any atom is 0.255 e. The summed E-state index contributed by atoms with van der Waals surface area (Å²) < 4.78 is 1.61. The van der Waals surface area contributed by atoms with Crippen molar-refractivity contribution in [3.63, 3.8) is 0 Å². The summed E-state index contributed by atoms with van der Waals surface area (Å²) in [7, 11) is 0. The number of anilines is 3. The second-order valence-corrected chi connectivity index (χ2v) is 8.34. The number of benzene rings is 1. The summed E-state index contributed by atoms with van der Waals surface area (Å²) in [5.74, 6) is 2.34. The maximum atomic E-state index is 12.0. The van der Waals surface area contributed by atoms with Gasteiger partial charge in [-0.05, 0) is 55.4 Å². The van der Waals surface area contributed by atoms with Crippen molar-refractivity contribution < 1.29 is 0 Å². The van der Waals surface area contributed by atoms with Crippen LogP contribution in [0.2, 0.25) is 0 Å². The third-order valence-corrected chi connectivity index (χ3v) is 5.85. The number of pyridine rings is 1. The Morgan fingerprint density at radius 1 is 1.03 bits per heavy atom. The first-order valence-corrected chi connectivity index (χ1v) is 10.8. The highest BCUT2D eigenvalue weighted by atomic mass is 32.2. The zero-order valence-electron chi connectivity index (χ0n) is 16.9. The molecule has 1 saturated heterocycles. The Bertz CT molecular complexity index is 1260. The molecule has 9 heteroatoms. The Morgan fingerprint density at radius 3 is 2.55 bits per heavy atom. The third-order valence-electron chi connectivity index (χ3n) is 4.98. The van der Waals surface area contributed by atoms with E-state index >= 15 is 0 Å². The standard InChI is InChI=1S/C22H21N7OS/c1-15-13-19(27-26-15)23-18-14-20(28-10-4-11-28)25-22(24-18)31-17-8-6-16(7-9-17)29-12-3-2-5-21(29)30/h2-3,5-9,12-14H,4,10-11H2,1H3,(H2,23,24,25,26,27). The molecule has 0 amide bonds. The first kappa shape index (κ1) is 19.4. The van der Waals surface area contributed by atoms with E-state index < -0.39 is 0 Å². The lowest BCUT2D eigenvalue weighted by atomic mass is 10.2. The predicted octanol–water partition coefficient (Wildman–Crippen LogP) is 3.76.